The fourth-order valence-electron chi connectivity index (χ4n) is 5.41. The number of benzene rings is 2. The Morgan fingerprint density at radius 2 is 1.60 bits per heavy atom. The van der Waals surface area contributed by atoms with Crippen LogP contribution in [-0.2, 0) is 19.1 Å². The van der Waals surface area contributed by atoms with E-state index in [9.17, 15) is 9.59 Å². The Bertz CT molecular complexity index is 1160. The zero-order chi connectivity index (χ0) is 24.9. The second-order valence-electron chi connectivity index (χ2n) is 8.43. The van der Waals surface area contributed by atoms with E-state index in [2.05, 4.69) is 0 Å². The molecule has 10 heteroatoms. The monoisotopic (exact) mass is 486 g/mol. The fourth-order valence-corrected chi connectivity index (χ4v) is 5.41. The van der Waals surface area contributed by atoms with Gasteiger partial charge in [0.1, 0.15) is 6.10 Å². The van der Waals surface area contributed by atoms with Crippen molar-refractivity contribution in [1.82, 2.24) is 0 Å². The molecule has 0 radical (unpaired) electrons. The molecule has 0 bridgehead atoms. The zero-order valence-corrected chi connectivity index (χ0v) is 20.0. The molecule has 3 aliphatic rings. The number of carbonyl (C=O) groups excluding carboxylic acids is 2. The first-order chi connectivity index (χ1) is 16.9. The number of hydrogen-bond donors (Lipinski definition) is 0. The van der Waals surface area contributed by atoms with Gasteiger partial charge in [0.15, 0.2) is 23.0 Å². The number of esters is 2. The van der Waals surface area contributed by atoms with E-state index in [-0.39, 0.29) is 19.4 Å². The predicted molar refractivity (Wildman–Crippen MR) is 120 cm³/mol. The van der Waals surface area contributed by atoms with E-state index < -0.39 is 29.8 Å². The second-order valence-corrected chi connectivity index (χ2v) is 8.43. The standard InChI is InChI=1S/C25H26O10/c1-11(26)35-21-14-9-32-25(27)19(14)18(12-6-15(28-2)22(30-4)16(7-12)29-3)13-8-17-23(34-10-33-17)24(31-5)20(13)21/h6-8,14,18-19,21H,9-10H2,1-5H3/t14-,18+,19+,21+/m0/s1. The van der Waals surface area contributed by atoms with Crippen LogP contribution in [0.3, 0.4) is 0 Å². The highest BCUT2D eigenvalue weighted by molar-refractivity contribution is 5.80. The summed E-state index contributed by atoms with van der Waals surface area (Å²) in [7, 11) is 6.09. The molecule has 1 aliphatic carbocycles. The van der Waals surface area contributed by atoms with E-state index in [1.165, 1.54) is 35.4 Å². The van der Waals surface area contributed by atoms with E-state index in [1.807, 2.05) is 18.2 Å². The van der Waals surface area contributed by atoms with Crippen LogP contribution >= 0.6 is 0 Å². The average Bonchev–Trinajstić information content (AvgIpc) is 3.48. The molecule has 0 saturated carbocycles. The van der Waals surface area contributed by atoms with Crippen molar-refractivity contribution >= 4 is 11.9 Å². The number of rotatable bonds is 6. The Hall–Kier alpha value is -3.82. The molecule has 5 rings (SSSR count). The van der Waals surface area contributed by atoms with Crippen LogP contribution in [0, 0.1) is 11.8 Å². The number of cyclic esters (lactones) is 1. The van der Waals surface area contributed by atoms with Crippen molar-refractivity contribution in [1.29, 1.82) is 0 Å². The maximum absolute atomic E-state index is 13.1. The smallest absolute Gasteiger partial charge is 0.310 e. The van der Waals surface area contributed by atoms with Crippen LogP contribution in [0.1, 0.15) is 35.6 Å². The van der Waals surface area contributed by atoms with Crippen LogP contribution < -0.4 is 28.4 Å². The van der Waals surface area contributed by atoms with Crippen molar-refractivity contribution in [2.75, 3.05) is 41.8 Å². The zero-order valence-electron chi connectivity index (χ0n) is 20.0. The van der Waals surface area contributed by atoms with Crippen molar-refractivity contribution in [2.24, 2.45) is 11.8 Å². The summed E-state index contributed by atoms with van der Waals surface area (Å²) in [6.45, 7) is 1.45. The first-order valence-corrected chi connectivity index (χ1v) is 11.1. The third-order valence-corrected chi connectivity index (χ3v) is 6.75. The molecule has 1 fully saturated rings. The van der Waals surface area contributed by atoms with E-state index in [1.54, 1.807) is 0 Å². The van der Waals surface area contributed by atoms with Gasteiger partial charge in [0.25, 0.3) is 0 Å². The van der Waals surface area contributed by atoms with Crippen LogP contribution in [0.15, 0.2) is 18.2 Å². The van der Waals surface area contributed by atoms with Crippen LogP contribution in [0.25, 0.3) is 0 Å². The van der Waals surface area contributed by atoms with Gasteiger partial charge in [-0.25, -0.2) is 0 Å². The van der Waals surface area contributed by atoms with Crippen LogP contribution in [0.5, 0.6) is 34.5 Å². The summed E-state index contributed by atoms with van der Waals surface area (Å²) >= 11 is 0. The molecule has 2 aromatic rings. The first kappa shape index (κ1) is 22.9. The second kappa shape index (κ2) is 8.75. The molecule has 35 heavy (non-hydrogen) atoms. The van der Waals surface area contributed by atoms with Gasteiger partial charge in [-0.2, -0.15) is 0 Å². The topological polar surface area (TPSA) is 108 Å². The van der Waals surface area contributed by atoms with Crippen LogP contribution in [-0.4, -0.2) is 53.8 Å². The van der Waals surface area contributed by atoms with Crippen molar-refractivity contribution in [3.63, 3.8) is 0 Å². The van der Waals surface area contributed by atoms with Gasteiger partial charge in [-0.1, -0.05) is 0 Å². The molecule has 0 amide bonds. The quantitative estimate of drug-likeness (QED) is 0.566. The fraction of sp³-hybridized carbons (Fsp3) is 0.440. The van der Waals surface area contributed by atoms with Gasteiger partial charge in [0.2, 0.25) is 18.3 Å². The molecule has 1 saturated heterocycles. The number of fused-ring (bicyclic) bond motifs is 3. The molecule has 0 spiro atoms. The summed E-state index contributed by atoms with van der Waals surface area (Å²) in [6.07, 6.45) is -0.776. The lowest BCUT2D eigenvalue weighted by atomic mass is 9.66. The minimum absolute atomic E-state index is 0.0244. The van der Waals surface area contributed by atoms with Gasteiger partial charge in [-0.05, 0) is 29.3 Å². The van der Waals surface area contributed by atoms with E-state index in [4.69, 9.17) is 37.9 Å². The summed E-state index contributed by atoms with van der Waals surface area (Å²) in [5.74, 6) is 0.171. The maximum Gasteiger partial charge on any atom is 0.310 e. The minimum atomic E-state index is -0.776. The van der Waals surface area contributed by atoms with Gasteiger partial charge < -0.3 is 37.9 Å². The summed E-state index contributed by atoms with van der Waals surface area (Å²) < 4.78 is 45.0. The summed E-state index contributed by atoms with van der Waals surface area (Å²) in [5.41, 5.74) is 2.05. The van der Waals surface area contributed by atoms with Crippen LogP contribution in [0.2, 0.25) is 0 Å². The first-order valence-electron chi connectivity index (χ1n) is 11.1. The molecule has 2 aromatic carbocycles. The molecule has 0 aromatic heterocycles. The minimum Gasteiger partial charge on any atom is -0.493 e. The molecule has 10 nitrogen and oxygen atoms in total. The van der Waals surface area contributed by atoms with Gasteiger partial charge >= 0.3 is 11.9 Å². The SMILES string of the molecule is COc1cc([C@@H]2c3cc4c(c(OC)c3[C@H](OC(C)=O)[C@H]3COC(=O)[C@@H]23)OCO4)cc(OC)c1OC. The van der Waals surface area contributed by atoms with Gasteiger partial charge in [0.05, 0.1) is 41.0 Å². The molecule has 2 heterocycles. The van der Waals surface area contributed by atoms with Gasteiger partial charge in [-0.3, -0.25) is 9.59 Å². The van der Waals surface area contributed by atoms with Gasteiger partial charge in [0, 0.05) is 24.3 Å². The maximum atomic E-state index is 13.1. The molecular weight excluding hydrogens is 460 g/mol. The van der Waals surface area contributed by atoms with Crippen molar-refractivity contribution < 1.29 is 47.5 Å². The highest BCUT2D eigenvalue weighted by Gasteiger charge is 2.55. The predicted octanol–water partition coefficient (Wildman–Crippen LogP) is 2.99. The lowest BCUT2D eigenvalue weighted by molar-refractivity contribution is -0.152. The largest absolute Gasteiger partial charge is 0.493 e. The number of methoxy groups -OCH3 is 4. The summed E-state index contributed by atoms with van der Waals surface area (Å²) in [6, 6.07) is 5.43. The third-order valence-electron chi connectivity index (χ3n) is 6.75. The molecule has 0 N–H and O–H groups in total. The van der Waals surface area contributed by atoms with Crippen LogP contribution in [0.4, 0.5) is 0 Å². The number of carbonyl (C=O) groups is 2. The lowest BCUT2D eigenvalue weighted by Crippen LogP contribution is -2.36. The van der Waals surface area contributed by atoms with E-state index >= 15 is 0 Å². The number of ether oxygens (including phenoxy) is 8. The Balaban J connectivity index is 1.81. The van der Waals surface area contributed by atoms with E-state index in [0.717, 1.165) is 5.56 Å². The highest BCUT2D eigenvalue weighted by atomic mass is 16.7. The van der Waals surface area contributed by atoms with Gasteiger partial charge in [-0.15, -0.1) is 0 Å². The highest BCUT2D eigenvalue weighted by Crippen LogP contribution is 2.60. The summed E-state index contributed by atoms with van der Waals surface area (Å²) in [4.78, 5) is 25.2. The Kier molecular flexibility index (Phi) is 5.74. The lowest BCUT2D eigenvalue weighted by Gasteiger charge is -2.39. The average molecular weight is 486 g/mol. The third kappa shape index (κ3) is 3.46. The molecular formula is C25H26O10. The number of hydrogen-bond acceptors (Lipinski definition) is 10. The van der Waals surface area contributed by atoms with Crippen molar-refractivity contribution in [3.8, 4) is 34.5 Å². The molecule has 186 valence electrons. The van der Waals surface area contributed by atoms with Crippen molar-refractivity contribution in [3.05, 3.63) is 34.9 Å². The van der Waals surface area contributed by atoms with Crippen molar-refractivity contribution in [2.45, 2.75) is 18.9 Å². The van der Waals surface area contributed by atoms with E-state index in [0.29, 0.717) is 45.6 Å². The molecule has 2 aliphatic heterocycles. The Labute approximate surface area is 201 Å². The normalized spacial score (nSPS) is 23.6. The Morgan fingerprint density at radius 1 is 0.914 bits per heavy atom. The molecule has 4 atom stereocenters. The molecule has 0 unspecified atom stereocenters. The Morgan fingerprint density at radius 3 is 2.20 bits per heavy atom. The summed E-state index contributed by atoms with van der Waals surface area (Å²) in [5, 5.41) is 0.